The molecule has 1 N–H and O–H groups in total. The summed E-state index contributed by atoms with van der Waals surface area (Å²) in [5.74, 6) is -0.548. The van der Waals surface area contributed by atoms with E-state index in [1.54, 1.807) is 12.1 Å². The van der Waals surface area contributed by atoms with Crippen LogP contribution in [0.1, 0.15) is 40.7 Å². The molecule has 0 atom stereocenters. The molecule has 1 fully saturated rings. The molecule has 1 heterocycles. The van der Waals surface area contributed by atoms with E-state index in [0.29, 0.717) is 11.3 Å². The fourth-order valence-corrected chi connectivity index (χ4v) is 3.10. The van der Waals surface area contributed by atoms with Crippen LogP contribution < -0.4 is 10.2 Å². The maximum absolute atomic E-state index is 13.7. The summed E-state index contributed by atoms with van der Waals surface area (Å²) in [7, 11) is 0. The van der Waals surface area contributed by atoms with Crippen LogP contribution in [0.15, 0.2) is 36.4 Å². The minimum Gasteiger partial charge on any atom is -0.370 e. The normalized spacial score (nSPS) is 14.5. The van der Waals surface area contributed by atoms with Crippen molar-refractivity contribution in [3.8, 4) is 0 Å². The number of hydrogen-bond acceptors (Lipinski definition) is 2. The average molecular weight is 326 g/mol. The second-order valence-electron chi connectivity index (χ2n) is 6.46. The number of benzene rings is 2. The standard InChI is InChI=1S/C20H23FN2O/c1-14-6-7-16(12-15(14)2)20(24)22-18-13-17(21)8-9-19(18)23-10-4-3-5-11-23/h6-9,12-13H,3-5,10-11H2,1-2H3,(H,22,24). The summed E-state index contributed by atoms with van der Waals surface area (Å²) in [6, 6.07) is 10.2. The van der Waals surface area contributed by atoms with Crippen molar-refractivity contribution in [2.24, 2.45) is 0 Å². The Hall–Kier alpha value is -2.36. The van der Waals surface area contributed by atoms with Gasteiger partial charge in [-0.05, 0) is 74.6 Å². The summed E-state index contributed by atoms with van der Waals surface area (Å²) >= 11 is 0. The minimum atomic E-state index is -0.342. The van der Waals surface area contributed by atoms with E-state index in [-0.39, 0.29) is 11.7 Å². The molecule has 126 valence electrons. The highest BCUT2D eigenvalue weighted by molar-refractivity contribution is 6.06. The lowest BCUT2D eigenvalue weighted by Crippen LogP contribution is -2.30. The number of carbonyl (C=O) groups is 1. The zero-order valence-corrected chi connectivity index (χ0v) is 14.2. The first-order chi connectivity index (χ1) is 11.5. The molecular formula is C20H23FN2O. The average Bonchev–Trinajstić information content (AvgIpc) is 2.58. The van der Waals surface area contributed by atoms with Crippen molar-refractivity contribution >= 4 is 17.3 Å². The van der Waals surface area contributed by atoms with Crippen LogP contribution in [0.5, 0.6) is 0 Å². The Morgan fingerprint density at radius 2 is 1.75 bits per heavy atom. The smallest absolute Gasteiger partial charge is 0.255 e. The van der Waals surface area contributed by atoms with Gasteiger partial charge in [-0.15, -0.1) is 0 Å². The molecule has 0 unspecified atom stereocenters. The third kappa shape index (κ3) is 3.58. The van der Waals surface area contributed by atoms with Crippen LogP contribution in [0.3, 0.4) is 0 Å². The Kier molecular flexibility index (Phi) is 4.84. The van der Waals surface area contributed by atoms with Crippen molar-refractivity contribution in [1.82, 2.24) is 0 Å². The Balaban J connectivity index is 1.86. The highest BCUT2D eigenvalue weighted by Gasteiger charge is 2.17. The largest absolute Gasteiger partial charge is 0.370 e. The lowest BCUT2D eigenvalue weighted by atomic mass is 10.1. The van der Waals surface area contributed by atoms with Crippen molar-refractivity contribution in [2.45, 2.75) is 33.1 Å². The molecule has 1 aliphatic heterocycles. The Morgan fingerprint density at radius 3 is 2.46 bits per heavy atom. The molecule has 24 heavy (non-hydrogen) atoms. The molecule has 1 aliphatic rings. The number of rotatable bonds is 3. The summed E-state index contributed by atoms with van der Waals surface area (Å²) in [4.78, 5) is 14.8. The van der Waals surface area contributed by atoms with Gasteiger partial charge in [-0.25, -0.2) is 4.39 Å². The minimum absolute atomic E-state index is 0.207. The van der Waals surface area contributed by atoms with Crippen LogP contribution in [-0.4, -0.2) is 19.0 Å². The molecule has 3 rings (SSSR count). The molecular weight excluding hydrogens is 303 g/mol. The van der Waals surface area contributed by atoms with Gasteiger partial charge in [0.05, 0.1) is 11.4 Å². The number of aryl methyl sites for hydroxylation is 2. The molecule has 0 saturated carbocycles. The summed E-state index contributed by atoms with van der Waals surface area (Å²) in [5.41, 5.74) is 4.24. The Bertz CT molecular complexity index is 751. The summed E-state index contributed by atoms with van der Waals surface area (Å²) in [6.45, 7) is 5.88. The summed E-state index contributed by atoms with van der Waals surface area (Å²) in [5, 5.41) is 2.89. The van der Waals surface area contributed by atoms with Crippen LogP contribution in [0.2, 0.25) is 0 Å². The van der Waals surface area contributed by atoms with Gasteiger partial charge in [-0.2, -0.15) is 0 Å². The third-order valence-electron chi connectivity index (χ3n) is 4.67. The number of anilines is 2. The van der Waals surface area contributed by atoms with Crippen molar-refractivity contribution in [3.05, 3.63) is 58.9 Å². The van der Waals surface area contributed by atoms with Gasteiger partial charge < -0.3 is 10.2 Å². The van der Waals surface area contributed by atoms with Crippen molar-refractivity contribution in [3.63, 3.8) is 0 Å². The highest BCUT2D eigenvalue weighted by Crippen LogP contribution is 2.29. The molecule has 0 aliphatic carbocycles. The van der Waals surface area contributed by atoms with E-state index in [0.717, 1.165) is 42.7 Å². The number of nitrogens with one attached hydrogen (secondary N) is 1. The van der Waals surface area contributed by atoms with Gasteiger partial charge in [0.15, 0.2) is 0 Å². The summed E-state index contributed by atoms with van der Waals surface area (Å²) < 4.78 is 13.7. The molecule has 0 bridgehead atoms. The molecule has 0 aromatic heterocycles. The first kappa shape index (κ1) is 16.5. The SMILES string of the molecule is Cc1ccc(C(=O)Nc2cc(F)ccc2N2CCCCC2)cc1C. The topological polar surface area (TPSA) is 32.3 Å². The van der Waals surface area contributed by atoms with Crippen LogP contribution in [-0.2, 0) is 0 Å². The van der Waals surface area contributed by atoms with Crippen molar-refractivity contribution in [2.75, 3.05) is 23.3 Å². The Morgan fingerprint density at radius 1 is 1.00 bits per heavy atom. The van der Waals surface area contributed by atoms with Gasteiger partial charge in [0.2, 0.25) is 0 Å². The van der Waals surface area contributed by atoms with Gasteiger partial charge in [0.1, 0.15) is 5.82 Å². The lowest BCUT2D eigenvalue weighted by molar-refractivity contribution is 0.102. The molecule has 0 radical (unpaired) electrons. The van der Waals surface area contributed by atoms with E-state index in [9.17, 15) is 9.18 Å². The van der Waals surface area contributed by atoms with E-state index in [1.807, 2.05) is 26.0 Å². The van der Waals surface area contributed by atoms with Crippen LogP contribution >= 0.6 is 0 Å². The molecule has 3 nitrogen and oxygen atoms in total. The van der Waals surface area contributed by atoms with E-state index in [2.05, 4.69) is 10.2 Å². The second-order valence-corrected chi connectivity index (χ2v) is 6.46. The van der Waals surface area contributed by atoms with Crippen molar-refractivity contribution < 1.29 is 9.18 Å². The number of piperidine rings is 1. The molecule has 2 aromatic rings. The van der Waals surface area contributed by atoms with Gasteiger partial charge in [-0.3, -0.25) is 4.79 Å². The van der Waals surface area contributed by atoms with Crippen LogP contribution in [0.4, 0.5) is 15.8 Å². The highest BCUT2D eigenvalue weighted by atomic mass is 19.1. The van der Waals surface area contributed by atoms with Gasteiger partial charge in [0, 0.05) is 18.7 Å². The predicted molar refractivity (Wildman–Crippen MR) is 96.3 cm³/mol. The maximum Gasteiger partial charge on any atom is 0.255 e. The maximum atomic E-state index is 13.7. The fourth-order valence-electron chi connectivity index (χ4n) is 3.10. The fraction of sp³-hybridized carbons (Fsp3) is 0.350. The van der Waals surface area contributed by atoms with E-state index in [1.165, 1.54) is 18.6 Å². The van der Waals surface area contributed by atoms with Crippen LogP contribution in [0, 0.1) is 19.7 Å². The number of carbonyl (C=O) groups excluding carboxylic acids is 1. The van der Waals surface area contributed by atoms with Gasteiger partial charge >= 0.3 is 0 Å². The zero-order chi connectivity index (χ0) is 17.1. The third-order valence-corrected chi connectivity index (χ3v) is 4.67. The number of amides is 1. The van der Waals surface area contributed by atoms with E-state index < -0.39 is 0 Å². The number of nitrogens with zero attached hydrogens (tertiary/aromatic N) is 1. The van der Waals surface area contributed by atoms with E-state index >= 15 is 0 Å². The van der Waals surface area contributed by atoms with Crippen LogP contribution in [0.25, 0.3) is 0 Å². The quantitative estimate of drug-likeness (QED) is 0.888. The first-order valence-corrected chi connectivity index (χ1v) is 8.48. The zero-order valence-electron chi connectivity index (χ0n) is 14.2. The monoisotopic (exact) mass is 326 g/mol. The lowest BCUT2D eigenvalue weighted by Gasteiger charge is -2.30. The van der Waals surface area contributed by atoms with Gasteiger partial charge in [-0.1, -0.05) is 6.07 Å². The predicted octanol–water partition coefficient (Wildman–Crippen LogP) is 4.69. The summed E-state index contributed by atoms with van der Waals surface area (Å²) in [6.07, 6.45) is 3.48. The Labute approximate surface area is 142 Å². The molecule has 1 saturated heterocycles. The molecule has 2 aromatic carbocycles. The number of hydrogen-bond donors (Lipinski definition) is 1. The van der Waals surface area contributed by atoms with E-state index in [4.69, 9.17) is 0 Å². The first-order valence-electron chi connectivity index (χ1n) is 8.48. The molecule has 4 heteroatoms. The second kappa shape index (κ2) is 7.04. The van der Waals surface area contributed by atoms with Gasteiger partial charge in [0.25, 0.3) is 5.91 Å². The number of halogens is 1. The molecule has 1 amide bonds. The van der Waals surface area contributed by atoms with Crippen molar-refractivity contribution in [1.29, 1.82) is 0 Å². The molecule has 0 spiro atoms.